The highest BCUT2D eigenvalue weighted by molar-refractivity contribution is 5.30. The highest BCUT2D eigenvalue weighted by atomic mass is 16.5. The van der Waals surface area contributed by atoms with Gasteiger partial charge in [-0.3, -0.25) is 4.90 Å². The smallest absolute Gasteiger partial charge is 0.118 e. The average molecular weight is 324 g/mol. The van der Waals surface area contributed by atoms with Gasteiger partial charge in [0.25, 0.3) is 0 Å². The van der Waals surface area contributed by atoms with Crippen LogP contribution in [0.15, 0.2) is 54.6 Å². The molecule has 0 radical (unpaired) electrons. The van der Waals surface area contributed by atoms with Gasteiger partial charge >= 0.3 is 0 Å². The average Bonchev–Trinajstić information content (AvgIpc) is 2.65. The van der Waals surface area contributed by atoms with Gasteiger partial charge in [-0.25, -0.2) is 0 Å². The van der Waals surface area contributed by atoms with Gasteiger partial charge in [0.1, 0.15) is 5.75 Å². The number of nitrogens with two attached hydrogens (primary N) is 1. The zero-order chi connectivity index (χ0) is 16.8. The fraction of sp³-hybridized carbons (Fsp3) is 0.429. The van der Waals surface area contributed by atoms with Gasteiger partial charge in [-0.05, 0) is 42.6 Å². The van der Waals surface area contributed by atoms with Gasteiger partial charge in [0.15, 0.2) is 0 Å². The van der Waals surface area contributed by atoms with Gasteiger partial charge in [-0.1, -0.05) is 48.9 Å². The zero-order valence-corrected chi connectivity index (χ0v) is 14.5. The van der Waals surface area contributed by atoms with Crippen molar-refractivity contribution in [2.75, 3.05) is 20.2 Å². The second-order valence-electron chi connectivity index (χ2n) is 6.63. The maximum Gasteiger partial charge on any atom is 0.118 e. The van der Waals surface area contributed by atoms with Crippen LogP contribution in [0.3, 0.4) is 0 Å². The molecule has 2 N–H and O–H groups in total. The van der Waals surface area contributed by atoms with Gasteiger partial charge < -0.3 is 10.5 Å². The fourth-order valence-corrected chi connectivity index (χ4v) is 3.85. The first-order valence-corrected chi connectivity index (χ1v) is 8.94. The molecule has 2 aromatic rings. The fourth-order valence-electron chi connectivity index (χ4n) is 3.85. The van der Waals surface area contributed by atoms with E-state index in [4.69, 9.17) is 10.5 Å². The number of hydrogen-bond acceptors (Lipinski definition) is 3. The van der Waals surface area contributed by atoms with Crippen LogP contribution in [0.5, 0.6) is 5.75 Å². The van der Waals surface area contributed by atoms with Crippen LogP contribution in [-0.2, 0) is 6.54 Å². The van der Waals surface area contributed by atoms with E-state index < -0.39 is 0 Å². The summed E-state index contributed by atoms with van der Waals surface area (Å²) in [4.78, 5) is 2.63. The molecule has 128 valence electrons. The highest BCUT2D eigenvalue weighted by Gasteiger charge is 2.30. The Morgan fingerprint density at radius 1 is 1.08 bits per heavy atom. The van der Waals surface area contributed by atoms with Crippen molar-refractivity contribution in [1.82, 2.24) is 4.90 Å². The largest absolute Gasteiger partial charge is 0.497 e. The summed E-state index contributed by atoms with van der Waals surface area (Å²) in [5, 5.41) is 0. The summed E-state index contributed by atoms with van der Waals surface area (Å²) in [7, 11) is 1.71. The number of rotatable bonds is 6. The van der Waals surface area contributed by atoms with E-state index in [9.17, 15) is 0 Å². The molecule has 2 aromatic carbocycles. The predicted molar refractivity (Wildman–Crippen MR) is 99.3 cm³/mol. The third-order valence-electron chi connectivity index (χ3n) is 5.16. The van der Waals surface area contributed by atoms with Gasteiger partial charge in [0.2, 0.25) is 0 Å². The first-order chi connectivity index (χ1) is 11.8. The predicted octanol–water partition coefficient (Wildman–Crippen LogP) is 3.79. The van der Waals surface area contributed by atoms with Crippen molar-refractivity contribution in [3.63, 3.8) is 0 Å². The molecule has 0 aromatic heterocycles. The summed E-state index contributed by atoms with van der Waals surface area (Å²) >= 11 is 0. The molecular weight excluding hydrogens is 296 g/mol. The first kappa shape index (κ1) is 17.0. The standard InChI is InChI=1S/C21H28N2O/c1-24-19-12-10-18(11-13-19)20(15-22)21-9-5-6-14-23(21)16-17-7-3-2-4-8-17/h2-4,7-8,10-13,20-21H,5-6,9,14-16,22H2,1H3. The summed E-state index contributed by atoms with van der Waals surface area (Å²) in [5.74, 6) is 1.28. The monoisotopic (exact) mass is 324 g/mol. The number of piperidine rings is 1. The van der Waals surface area contributed by atoms with Gasteiger partial charge in [0, 0.05) is 25.0 Å². The number of hydrogen-bond donors (Lipinski definition) is 1. The lowest BCUT2D eigenvalue weighted by molar-refractivity contribution is 0.119. The van der Waals surface area contributed by atoms with Crippen molar-refractivity contribution in [1.29, 1.82) is 0 Å². The van der Waals surface area contributed by atoms with Crippen LogP contribution in [0, 0.1) is 0 Å². The summed E-state index contributed by atoms with van der Waals surface area (Å²) in [6, 6.07) is 19.7. The molecule has 24 heavy (non-hydrogen) atoms. The maximum absolute atomic E-state index is 6.20. The van der Waals surface area contributed by atoms with Crippen LogP contribution in [0.1, 0.15) is 36.3 Å². The van der Waals surface area contributed by atoms with Crippen LogP contribution < -0.4 is 10.5 Å². The third-order valence-corrected chi connectivity index (χ3v) is 5.16. The molecule has 1 saturated heterocycles. The summed E-state index contributed by atoms with van der Waals surface area (Å²) in [6.45, 7) is 2.85. The van der Waals surface area contributed by atoms with E-state index in [-0.39, 0.29) is 0 Å². The van der Waals surface area contributed by atoms with Gasteiger partial charge in [-0.2, -0.15) is 0 Å². The Balaban J connectivity index is 1.78. The van der Waals surface area contributed by atoms with Crippen molar-refractivity contribution in [3.8, 4) is 5.75 Å². The van der Waals surface area contributed by atoms with Crippen LogP contribution >= 0.6 is 0 Å². The molecule has 1 aliphatic heterocycles. The van der Waals surface area contributed by atoms with E-state index in [0.29, 0.717) is 18.5 Å². The van der Waals surface area contributed by atoms with E-state index in [0.717, 1.165) is 18.8 Å². The molecule has 0 saturated carbocycles. The molecule has 2 atom stereocenters. The Kier molecular flexibility index (Phi) is 5.89. The van der Waals surface area contributed by atoms with E-state index in [1.54, 1.807) is 7.11 Å². The van der Waals surface area contributed by atoms with E-state index in [1.807, 2.05) is 12.1 Å². The lowest BCUT2D eigenvalue weighted by atomic mass is 9.85. The molecule has 0 amide bonds. The van der Waals surface area contributed by atoms with E-state index >= 15 is 0 Å². The minimum Gasteiger partial charge on any atom is -0.497 e. The molecule has 1 aliphatic rings. The van der Waals surface area contributed by atoms with Crippen LogP contribution in [-0.4, -0.2) is 31.1 Å². The van der Waals surface area contributed by atoms with E-state index in [1.165, 1.54) is 30.4 Å². The molecule has 3 rings (SSSR count). The number of benzene rings is 2. The Bertz CT molecular complexity index is 611. The second kappa shape index (κ2) is 8.32. The third kappa shape index (κ3) is 3.97. The SMILES string of the molecule is COc1ccc(C(CN)C2CCCCN2Cc2ccccc2)cc1. The summed E-state index contributed by atoms with van der Waals surface area (Å²) in [6.07, 6.45) is 3.80. The van der Waals surface area contributed by atoms with Gasteiger partial charge in [0.05, 0.1) is 7.11 Å². The van der Waals surface area contributed by atoms with Crippen molar-refractivity contribution >= 4 is 0 Å². The van der Waals surface area contributed by atoms with Crippen molar-refractivity contribution in [3.05, 3.63) is 65.7 Å². The zero-order valence-electron chi connectivity index (χ0n) is 14.5. The number of likely N-dealkylation sites (tertiary alicyclic amines) is 1. The second-order valence-corrected chi connectivity index (χ2v) is 6.63. The summed E-state index contributed by atoms with van der Waals surface area (Å²) in [5.41, 5.74) is 8.91. The quantitative estimate of drug-likeness (QED) is 0.878. The normalized spacial score (nSPS) is 19.8. The lowest BCUT2D eigenvalue weighted by Gasteiger charge is -2.40. The number of ether oxygens (including phenoxy) is 1. The molecular formula is C21H28N2O. The molecule has 3 nitrogen and oxygen atoms in total. The van der Waals surface area contributed by atoms with Crippen molar-refractivity contribution in [2.24, 2.45) is 5.73 Å². The molecule has 3 heteroatoms. The molecule has 1 fully saturated rings. The molecule has 1 heterocycles. The number of nitrogens with zero attached hydrogens (tertiary/aromatic N) is 1. The Hall–Kier alpha value is -1.84. The topological polar surface area (TPSA) is 38.5 Å². The van der Waals surface area contributed by atoms with Crippen molar-refractivity contribution < 1.29 is 4.74 Å². The van der Waals surface area contributed by atoms with Crippen molar-refractivity contribution in [2.45, 2.75) is 37.8 Å². The lowest BCUT2D eigenvalue weighted by Crippen LogP contribution is -2.44. The Morgan fingerprint density at radius 3 is 2.50 bits per heavy atom. The first-order valence-electron chi connectivity index (χ1n) is 8.94. The minimum atomic E-state index is 0.375. The molecule has 0 bridgehead atoms. The summed E-state index contributed by atoms with van der Waals surface area (Å²) < 4.78 is 5.29. The highest BCUT2D eigenvalue weighted by Crippen LogP contribution is 2.31. The minimum absolute atomic E-state index is 0.375. The Labute approximate surface area is 145 Å². The van der Waals surface area contributed by atoms with Crippen LogP contribution in [0.2, 0.25) is 0 Å². The molecule has 2 unspecified atom stereocenters. The maximum atomic E-state index is 6.20. The number of methoxy groups -OCH3 is 1. The Morgan fingerprint density at radius 2 is 1.83 bits per heavy atom. The van der Waals surface area contributed by atoms with E-state index in [2.05, 4.69) is 47.4 Å². The molecule has 0 spiro atoms. The van der Waals surface area contributed by atoms with Gasteiger partial charge in [-0.15, -0.1) is 0 Å². The van der Waals surface area contributed by atoms with Crippen LogP contribution in [0.25, 0.3) is 0 Å². The van der Waals surface area contributed by atoms with Crippen LogP contribution in [0.4, 0.5) is 0 Å². The molecule has 0 aliphatic carbocycles.